The predicted molar refractivity (Wildman–Crippen MR) is 132 cm³/mol. The van der Waals surface area contributed by atoms with Crippen molar-refractivity contribution in [3.05, 3.63) is 70.6 Å². The SMILES string of the molecule is Cn1c(C(=O)O)cnc1CN1CCC(n2c(=O)n(-c3ccc(C(=O)NCC(=O)O)nc3)c3cccnc32)C1. The number of aromatic nitrogens is 6. The molecule has 196 valence electrons. The zero-order valence-corrected chi connectivity index (χ0v) is 20.3. The number of likely N-dealkylation sites (tertiary alicyclic amines) is 1. The van der Waals surface area contributed by atoms with Gasteiger partial charge in [-0.3, -0.25) is 23.6 Å². The summed E-state index contributed by atoms with van der Waals surface area (Å²) in [6.45, 7) is 1.15. The van der Waals surface area contributed by atoms with Crippen molar-refractivity contribution in [3.8, 4) is 5.69 Å². The second kappa shape index (κ2) is 9.89. The molecule has 14 nitrogen and oxygen atoms in total. The van der Waals surface area contributed by atoms with Gasteiger partial charge in [0.1, 0.15) is 23.8 Å². The Kier molecular flexibility index (Phi) is 6.46. The fourth-order valence-corrected chi connectivity index (χ4v) is 4.69. The van der Waals surface area contributed by atoms with Gasteiger partial charge in [0, 0.05) is 26.3 Å². The molecule has 0 radical (unpaired) electrons. The summed E-state index contributed by atoms with van der Waals surface area (Å²) in [5.41, 5.74) is 1.36. The number of carbonyl (C=O) groups excluding carboxylic acids is 1. The van der Waals surface area contributed by atoms with Crippen LogP contribution in [0, 0.1) is 0 Å². The first-order valence-electron chi connectivity index (χ1n) is 11.7. The number of aliphatic carboxylic acids is 1. The lowest BCUT2D eigenvalue weighted by Crippen LogP contribution is -2.30. The van der Waals surface area contributed by atoms with E-state index in [9.17, 15) is 24.3 Å². The first-order valence-corrected chi connectivity index (χ1v) is 11.7. The highest BCUT2D eigenvalue weighted by molar-refractivity contribution is 5.94. The monoisotopic (exact) mass is 520 g/mol. The highest BCUT2D eigenvalue weighted by Crippen LogP contribution is 2.26. The van der Waals surface area contributed by atoms with E-state index in [1.807, 2.05) is 0 Å². The van der Waals surface area contributed by atoms with Crippen molar-refractivity contribution in [1.82, 2.24) is 38.9 Å². The lowest BCUT2D eigenvalue weighted by atomic mass is 10.2. The van der Waals surface area contributed by atoms with Gasteiger partial charge in [0.15, 0.2) is 5.65 Å². The third-order valence-electron chi connectivity index (χ3n) is 6.55. The van der Waals surface area contributed by atoms with Gasteiger partial charge in [0.05, 0.1) is 36.2 Å². The molecular weight excluding hydrogens is 496 g/mol. The number of nitrogens with zero attached hydrogens (tertiary/aromatic N) is 7. The highest BCUT2D eigenvalue weighted by Gasteiger charge is 2.30. The molecule has 0 aromatic carbocycles. The Hall–Kier alpha value is -4.85. The summed E-state index contributed by atoms with van der Waals surface area (Å²) >= 11 is 0. The van der Waals surface area contributed by atoms with Crippen LogP contribution in [0.4, 0.5) is 0 Å². The maximum Gasteiger partial charge on any atom is 0.354 e. The molecule has 0 bridgehead atoms. The van der Waals surface area contributed by atoms with Gasteiger partial charge in [0.2, 0.25) is 0 Å². The molecule has 0 saturated carbocycles. The third-order valence-corrected chi connectivity index (χ3v) is 6.55. The molecule has 5 rings (SSSR count). The average molecular weight is 521 g/mol. The van der Waals surface area contributed by atoms with Gasteiger partial charge < -0.3 is 20.1 Å². The van der Waals surface area contributed by atoms with Gasteiger partial charge in [0.25, 0.3) is 5.91 Å². The maximum atomic E-state index is 13.7. The van der Waals surface area contributed by atoms with Crippen LogP contribution in [0.2, 0.25) is 0 Å². The summed E-state index contributed by atoms with van der Waals surface area (Å²) in [7, 11) is 1.66. The van der Waals surface area contributed by atoms with E-state index in [0.717, 1.165) is 0 Å². The van der Waals surface area contributed by atoms with Crippen LogP contribution in [0.25, 0.3) is 16.9 Å². The van der Waals surface area contributed by atoms with Gasteiger partial charge in [-0.05, 0) is 30.7 Å². The number of carboxylic acids is 2. The van der Waals surface area contributed by atoms with Crippen molar-refractivity contribution in [2.24, 2.45) is 7.05 Å². The number of hydrogen-bond acceptors (Lipinski definition) is 8. The van der Waals surface area contributed by atoms with E-state index < -0.39 is 24.4 Å². The molecule has 1 unspecified atom stereocenters. The van der Waals surface area contributed by atoms with Crippen LogP contribution in [0.15, 0.2) is 47.7 Å². The van der Waals surface area contributed by atoms with Crippen molar-refractivity contribution in [3.63, 3.8) is 0 Å². The second-order valence-electron chi connectivity index (χ2n) is 8.91. The summed E-state index contributed by atoms with van der Waals surface area (Å²) < 4.78 is 4.69. The Morgan fingerprint density at radius 1 is 1.11 bits per heavy atom. The topological polar surface area (TPSA) is 177 Å². The van der Waals surface area contributed by atoms with Crippen molar-refractivity contribution in [2.45, 2.75) is 19.0 Å². The lowest BCUT2D eigenvalue weighted by molar-refractivity contribution is -0.135. The van der Waals surface area contributed by atoms with Crippen LogP contribution >= 0.6 is 0 Å². The van der Waals surface area contributed by atoms with E-state index >= 15 is 0 Å². The smallest absolute Gasteiger partial charge is 0.354 e. The summed E-state index contributed by atoms with van der Waals surface area (Å²) in [4.78, 5) is 62.8. The first-order chi connectivity index (χ1) is 18.2. The number of carbonyl (C=O) groups is 3. The van der Waals surface area contributed by atoms with Crippen LogP contribution in [0.3, 0.4) is 0 Å². The Labute approximate surface area is 214 Å². The largest absolute Gasteiger partial charge is 0.480 e. The number of hydrogen-bond donors (Lipinski definition) is 3. The van der Waals surface area contributed by atoms with Gasteiger partial charge in [-0.15, -0.1) is 0 Å². The Bertz CT molecular complexity index is 1600. The molecule has 38 heavy (non-hydrogen) atoms. The third kappa shape index (κ3) is 4.52. The molecule has 3 N–H and O–H groups in total. The minimum atomic E-state index is -1.17. The van der Waals surface area contributed by atoms with E-state index in [2.05, 4.69) is 25.2 Å². The minimum absolute atomic E-state index is 0.0247. The summed E-state index contributed by atoms with van der Waals surface area (Å²) in [6.07, 6.45) is 5.02. The van der Waals surface area contributed by atoms with E-state index in [1.165, 1.54) is 23.0 Å². The number of pyridine rings is 2. The Balaban J connectivity index is 1.41. The summed E-state index contributed by atoms with van der Waals surface area (Å²) in [5.74, 6) is -2.23. The van der Waals surface area contributed by atoms with Crippen molar-refractivity contribution in [2.75, 3.05) is 19.6 Å². The Morgan fingerprint density at radius 2 is 1.92 bits per heavy atom. The maximum absolute atomic E-state index is 13.7. The number of amides is 1. The van der Waals surface area contributed by atoms with Gasteiger partial charge in [-0.25, -0.2) is 24.5 Å². The zero-order chi connectivity index (χ0) is 27.0. The molecule has 1 aliphatic rings. The lowest BCUT2D eigenvalue weighted by Gasteiger charge is -2.16. The molecule has 14 heteroatoms. The fourth-order valence-electron chi connectivity index (χ4n) is 4.69. The minimum Gasteiger partial charge on any atom is -0.480 e. The molecular formula is C24H24N8O6. The molecule has 0 spiro atoms. The molecule has 1 aliphatic heterocycles. The quantitative estimate of drug-likeness (QED) is 0.292. The molecule has 1 saturated heterocycles. The predicted octanol–water partition coefficient (Wildman–Crippen LogP) is 0.275. The van der Waals surface area contributed by atoms with Gasteiger partial charge in [-0.2, -0.15) is 0 Å². The highest BCUT2D eigenvalue weighted by atomic mass is 16.4. The number of fused-ring (bicyclic) bond motifs is 1. The fraction of sp³-hybridized carbons (Fsp3) is 0.292. The van der Waals surface area contributed by atoms with Crippen LogP contribution in [-0.4, -0.2) is 81.2 Å². The Morgan fingerprint density at radius 3 is 2.61 bits per heavy atom. The summed E-state index contributed by atoms with van der Waals surface area (Å²) in [5, 5.41) is 20.3. The average Bonchev–Trinajstić information content (AvgIpc) is 3.58. The van der Waals surface area contributed by atoms with Crippen molar-refractivity contribution < 1.29 is 24.6 Å². The number of imidazole rings is 2. The first kappa shape index (κ1) is 24.8. The molecule has 1 amide bonds. The standard InChI is InChI=1S/C24H24N8O6/c1-29-18(23(36)37)10-27-19(29)13-30-8-6-15(12-30)32-21-17(3-2-7-25-21)31(24(32)38)14-4-5-16(26-9-14)22(35)28-11-20(33)34/h2-5,7,9-10,15H,6,8,11-13H2,1H3,(H,28,35)(H,33,34)(H,36,37). The number of nitrogens with one attached hydrogen (secondary N) is 1. The molecule has 1 fully saturated rings. The number of carboxylic acid groups (broad SMARTS) is 2. The summed E-state index contributed by atoms with van der Waals surface area (Å²) in [6, 6.07) is 6.33. The molecule has 0 aliphatic carbocycles. The van der Waals surface area contributed by atoms with Gasteiger partial charge >= 0.3 is 17.6 Å². The molecule has 5 heterocycles. The van der Waals surface area contributed by atoms with Gasteiger partial charge in [-0.1, -0.05) is 0 Å². The van der Waals surface area contributed by atoms with Crippen LogP contribution in [0.5, 0.6) is 0 Å². The van der Waals surface area contributed by atoms with Crippen LogP contribution < -0.4 is 11.0 Å². The molecule has 4 aromatic heterocycles. The van der Waals surface area contributed by atoms with Crippen molar-refractivity contribution >= 4 is 29.0 Å². The van der Waals surface area contributed by atoms with Crippen LogP contribution in [-0.2, 0) is 18.4 Å². The van der Waals surface area contributed by atoms with Crippen molar-refractivity contribution in [1.29, 1.82) is 0 Å². The zero-order valence-electron chi connectivity index (χ0n) is 20.3. The number of rotatable bonds is 8. The van der Waals surface area contributed by atoms with E-state index in [4.69, 9.17) is 5.11 Å². The van der Waals surface area contributed by atoms with E-state index in [-0.39, 0.29) is 23.1 Å². The van der Waals surface area contributed by atoms with E-state index in [0.29, 0.717) is 48.7 Å². The second-order valence-corrected chi connectivity index (χ2v) is 8.91. The molecule has 1 atom stereocenters. The van der Waals surface area contributed by atoms with Crippen LogP contribution in [0.1, 0.15) is 39.3 Å². The normalized spacial score (nSPS) is 15.7. The van der Waals surface area contributed by atoms with E-state index in [1.54, 1.807) is 40.6 Å². The number of aromatic carboxylic acids is 1. The molecule has 4 aromatic rings.